The van der Waals surface area contributed by atoms with E-state index in [1.165, 1.54) is 0 Å². The van der Waals surface area contributed by atoms with Crippen molar-refractivity contribution < 1.29 is 0 Å². The van der Waals surface area contributed by atoms with Gasteiger partial charge in [0.05, 0.1) is 0 Å². The highest BCUT2D eigenvalue weighted by Crippen LogP contribution is 2.18. The molecule has 13 heavy (non-hydrogen) atoms. The SMILES string of the molecule is [CH2]C(c1ccccc1)c1nn[nH]n1. The highest BCUT2D eigenvalue weighted by atomic mass is 15.5. The molecule has 0 amide bonds. The number of aromatic nitrogens is 4. The van der Waals surface area contributed by atoms with Gasteiger partial charge in [-0.15, -0.1) is 10.2 Å². The normalized spacial score (nSPS) is 12.7. The molecule has 0 aliphatic heterocycles. The molecular formula is C9H9N4. The molecule has 0 aliphatic carbocycles. The number of H-pyrrole nitrogens is 1. The van der Waals surface area contributed by atoms with Gasteiger partial charge in [0.25, 0.3) is 0 Å². The summed E-state index contributed by atoms with van der Waals surface area (Å²) in [5.74, 6) is 0.561. The quantitative estimate of drug-likeness (QED) is 0.741. The Morgan fingerprint density at radius 1 is 1.23 bits per heavy atom. The molecule has 0 saturated heterocycles. The first-order valence-corrected chi connectivity index (χ1v) is 3.99. The van der Waals surface area contributed by atoms with Gasteiger partial charge in [-0.05, 0) is 12.5 Å². The Kier molecular flexibility index (Phi) is 2.04. The van der Waals surface area contributed by atoms with Crippen molar-refractivity contribution in [2.24, 2.45) is 0 Å². The van der Waals surface area contributed by atoms with Gasteiger partial charge < -0.3 is 0 Å². The number of hydrogen-bond donors (Lipinski definition) is 1. The smallest absolute Gasteiger partial charge is 0.177 e. The molecule has 1 heterocycles. The van der Waals surface area contributed by atoms with Crippen molar-refractivity contribution in [3.63, 3.8) is 0 Å². The van der Waals surface area contributed by atoms with Gasteiger partial charge >= 0.3 is 0 Å². The highest BCUT2D eigenvalue weighted by molar-refractivity contribution is 5.25. The molecule has 4 heteroatoms. The number of rotatable bonds is 2. The van der Waals surface area contributed by atoms with Crippen LogP contribution in [0.3, 0.4) is 0 Å². The lowest BCUT2D eigenvalue weighted by atomic mass is 10.0. The summed E-state index contributed by atoms with van der Waals surface area (Å²) in [4.78, 5) is 0. The van der Waals surface area contributed by atoms with E-state index in [4.69, 9.17) is 0 Å². The Morgan fingerprint density at radius 2 is 2.00 bits per heavy atom. The maximum Gasteiger partial charge on any atom is 0.181 e. The summed E-state index contributed by atoms with van der Waals surface area (Å²) in [6.07, 6.45) is 0. The van der Waals surface area contributed by atoms with Crippen LogP contribution in [0.5, 0.6) is 0 Å². The molecule has 2 rings (SSSR count). The molecule has 65 valence electrons. The number of nitrogens with one attached hydrogen (secondary N) is 1. The van der Waals surface area contributed by atoms with Crippen molar-refractivity contribution in [2.75, 3.05) is 0 Å². The Morgan fingerprint density at radius 3 is 2.62 bits per heavy atom. The zero-order valence-corrected chi connectivity index (χ0v) is 7.01. The van der Waals surface area contributed by atoms with Crippen LogP contribution in [0.4, 0.5) is 0 Å². The van der Waals surface area contributed by atoms with Gasteiger partial charge in [-0.2, -0.15) is 5.21 Å². The number of aromatic amines is 1. The van der Waals surface area contributed by atoms with E-state index in [-0.39, 0.29) is 5.92 Å². The first-order chi connectivity index (χ1) is 6.38. The number of tetrazole rings is 1. The first kappa shape index (κ1) is 7.91. The van der Waals surface area contributed by atoms with Crippen LogP contribution >= 0.6 is 0 Å². The molecular weight excluding hydrogens is 164 g/mol. The molecule has 1 unspecified atom stereocenters. The third-order valence-corrected chi connectivity index (χ3v) is 1.88. The minimum Gasteiger partial charge on any atom is -0.177 e. The zero-order valence-electron chi connectivity index (χ0n) is 7.01. The van der Waals surface area contributed by atoms with Crippen molar-refractivity contribution in [3.8, 4) is 0 Å². The predicted molar refractivity (Wildman–Crippen MR) is 47.8 cm³/mol. The van der Waals surface area contributed by atoms with E-state index in [1.54, 1.807) is 0 Å². The second-order valence-electron chi connectivity index (χ2n) is 2.73. The van der Waals surface area contributed by atoms with Gasteiger partial charge in [-0.25, -0.2) is 0 Å². The fourth-order valence-corrected chi connectivity index (χ4v) is 1.15. The largest absolute Gasteiger partial charge is 0.181 e. The van der Waals surface area contributed by atoms with E-state index in [2.05, 4.69) is 27.5 Å². The van der Waals surface area contributed by atoms with E-state index in [0.29, 0.717) is 5.82 Å². The van der Waals surface area contributed by atoms with Crippen molar-refractivity contribution in [3.05, 3.63) is 48.6 Å². The van der Waals surface area contributed by atoms with E-state index >= 15 is 0 Å². The van der Waals surface area contributed by atoms with Crippen LogP contribution in [-0.4, -0.2) is 20.6 Å². The maximum atomic E-state index is 3.97. The summed E-state index contributed by atoms with van der Waals surface area (Å²) < 4.78 is 0. The van der Waals surface area contributed by atoms with Crippen molar-refractivity contribution in [2.45, 2.75) is 5.92 Å². The molecule has 0 saturated carbocycles. The fraction of sp³-hybridized carbons (Fsp3) is 0.111. The molecule has 0 spiro atoms. The maximum absolute atomic E-state index is 3.97. The second kappa shape index (κ2) is 3.35. The van der Waals surface area contributed by atoms with E-state index in [1.807, 2.05) is 30.3 Å². The Balaban J connectivity index is 2.29. The molecule has 2 aromatic rings. The standard InChI is InChI=1S/C9H9N4/c1-7(9-10-12-13-11-9)8-5-3-2-4-6-8/h2-7H,1H2,(H,10,11,12,13). The summed E-state index contributed by atoms with van der Waals surface area (Å²) in [6, 6.07) is 9.88. The average Bonchev–Trinajstić information content (AvgIpc) is 2.71. The summed E-state index contributed by atoms with van der Waals surface area (Å²) in [7, 11) is 0. The molecule has 1 aromatic heterocycles. The van der Waals surface area contributed by atoms with Gasteiger partial charge in [0.2, 0.25) is 0 Å². The van der Waals surface area contributed by atoms with E-state index in [9.17, 15) is 0 Å². The Hall–Kier alpha value is -1.71. The number of hydrogen-bond acceptors (Lipinski definition) is 3. The minimum absolute atomic E-state index is 0.0556. The second-order valence-corrected chi connectivity index (χ2v) is 2.73. The summed E-state index contributed by atoms with van der Waals surface area (Å²) in [5, 5.41) is 13.7. The van der Waals surface area contributed by atoms with Crippen LogP contribution in [0, 0.1) is 6.92 Å². The summed E-state index contributed by atoms with van der Waals surface area (Å²) >= 11 is 0. The van der Waals surface area contributed by atoms with Crippen LogP contribution < -0.4 is 0 Å². The number of benzene rings is 1. The van der Waals surface area contributed by atoms with Crippen LogP contribution in [0.2, 0.25) is 0 Å². The predicted octanol–water partition coefficient (Wildman–Crippen LogP) is 1.17. The van der Waals surface area contributed by atoms with Crippen LogP contribution in [0.1, 0.15) is 17.3 Å². The minimum atomic E-state index is -0.0556. The van der Waals surface area contributed by atoms with Gasteiger partial charge in [0.15, 0.2) is 5.82 Å². The van der Waals surface area contributed by atoms with Crippen LogP contribution in [0.25, 0.3) is 0 Å². The molecule has 1 atom stereocenters. The van der Waals surface area contributed by atoms with Crippen LogP contribution in [0.15, 0.2) is 30.3 Å². The van der Waals surface area contributed by atoms with Gasteiger partial charge in [0.1, 0.15) is 0 Å². The van der Waals surface area contributed by atoms with E-state index in [0.717, 1.165) is 5.56 Å². The van der Waals surface area contributed by atoms with Crippen molar-refractivity contribution in [1.82, 2.24) is 20.6 Å². The molecule has 1 N–H and O–H groups in total. The average molecular weight is 173 g/mol. The van der Waals surface area contributed by atoms with Gasteiger partial charge in [-0.1, -0.05) is 35.5 Å². The molecule has 0 bridgehead atoms. The van der Waals surface area contributed by atoms with Crippen molar-refractivity contribution >= 4 is 0 Å². The summed E-state index contributed by atoms with van der Waals surface area (Å²) in [5.41, 5.74) is 1.09. The zero-order chi connectivity index (χ0) is 9.10. The third-order valence-electron chi connectivity index (χ3n) is 1.88. The van der Waals surface area contributed by atoms with Gasteiger partial charge in [-0.3, -0.25) is 0 Å². The Bertz CT molecular complexity index is 354. The molecule has 1 radical (unpaired) electrons. The molecule has 1 aromatic carbocycles. The van der Waals surface area contributed by atoms with Crippen molar-refractivity contribution in [1.29, 1.82) is 0 Å². The monoisotopic (exact) mass is 173 g/mol. The van der Waals surface area contributed by atoms with E-state index < -0.39 is 0 Å². The third kappa shape index (κ3) is 1.56. The Labute approximate surface area is 76.0 Å². The molecule has 0 aliphatic rings. The van der Waals surface area contributed by atoms with Crippen LogP contribution in [-0.2, 0) is 0 Å². The van der Waals surface area contributed by atoms with Gasteiger partial charge in [0, 0.05) is 5.92 Å². The topological polar surface area (TPSA) is 54.5 Å². The lowest BCUT2D eigenvalue weighted by molar-refractivity contribution is 0.881. The number of nitrogens with zero attached hydrogens (tertiary/aromatic N) is 3. The molecule has 0 fully saturated rings. The highest BCUT2D eigenvalue weighted by Gasteiger charge is 2.11. The fourth-order valence-electron chi connectivity index (χ4n) is 1.15. The lowest BCUT2D eigenvalue weighted by Crippen LogP contribution is -1.98. The summed E-state index contributed by atoms with van der Waals surface area (Å²) in [6.45, 7) is 3.97. The first-order valence-electron chi connectivity index (χ1n) is 3.99. The molecule has 4 nitrogen and oxygen atoms in total. The lowest BCUT2D eigenvalue weighted by Gasteiger charge is -2.05.